The van der Waals surface area contributed by atoms with Gasteiger partial charge in [0.05, 0.1) is 13.2 Å². The van der Waals surface area contributed by atoms with Crippen LogP contribution in [0.5, 0.6) is 11.5 Å². The largest absolute Gasteiger partial charge is 0.490 e. The molecule has 1 heterocycles. The van der Waals surface area contributed by atoms with E-state index in [4.69, 9.17) is 14.2 Å². The van der Waals surface area contributed by atoms with Gasteiger partial charge < -0.3 is 24.8 Å². The van der Waals surface area contributed by atoms with Crippen LogP contribution in [-0.4, -0.2) is 55.1 Å². The number of hydrogen-bond donors (Lipinski definition) is 2. The molecular formula is C26H28BrN3O7. The van der Waals surface area contributed by atoms with Gasteiger partial charge in [-0.05, 0) is 55.7 Å². The third-order valence-electron chi connectivity index (χ3n) is 5.25. The molecule has 1 aliphatic rings. The lowest BCUT2D eigenvalue weighted by molar-refractivity contribution is -0.145. The van der Waals surface area contributed by atoms with Crippen LogP contribution in [0, 0.1) is 0 Å². The van der Waals surface area contributed by atoms with Crippen molar-refractivity contribution in [3.8, 4) is 11.5 Å². The van der Waals surface area contributed by atoms with Gasteiger partial charge in [0.2, 0.25) is 5.91 Å². The van der Waals surface area contributed by atoms with Crippen molar-refractivity contribution >= 4 is 51.5 Å². The van der Waals surface area contributed by atoms with E-state index >= 15 is 0 Å². The highest BCUT2D eigenvalue weighted by Gasteiger charge is 2.35. The molecule has 2 aromatic rings. The summed E-state index contributed by atoms with van der Waals surface area (Å²) in [7, 11) is 0. The Labute approximate surface area is 223 Å². The van der Waals surface area contributed by atoms with Crippen molar-refractivity contribution in [3.05, 3.63) is 57.7 Å². The zero-order chi connectivity index (χ0) is 26.9. The summed E-state index contributed by atoms with van der Waals surface area (Å²) < 4.78 is 16.6. The molecule has 1 fully saturated rings. The average molecular weight is 574 g/mol. The van der Waals surface area contributed by atoms with Gasteiger partial charge in [-0.15, -0.1) is 0 Å². The van der Waals surface area contributed by atoms with E-state index in [1.165, 1.54) is 6.08 Å². The predicted molar refractivity (Wildman–Crippen MR) is 140 cm³/mol. The third-order valence-corrected chi connectivity index (χ3v) is 5.94. The number of para-hydroxylation sites is 1. The zero-order valence-electron chi connectivity index (χ0n) is 20.8. The number of halogens is 1. The summed E-state index contributed by atoms with van der Waals surface area (Å²) in [4.78, 5) is 50.5. The van der Waals surface area contributed by atoms with Gasteiger partial charge in [-0.3, -0.25) is 9.59 Å². The Kier molecular flexibility index (Phi) is 9.67. The Balaban J connectivity index is 1.76. The lowest BCUT2D eigenvalue weighted by atomic mass is 10.1. The van der Waals surface area contributed by atoms with Crippen molar-refractivity contribution < 1.29 is 33.4 Å². The van der Waals surface area contributed by atoms with Gasteiger partial charge in [0, 0.05) is 10.2 Å². The highest BCUT2D eigenvalue weighted by atomic mass is 79.9. The Morgan fingerprint density at radius 2 is 1.78 bits per heavy atom. The molecule has 0 radical (unpaired) electrons. The van der Waals surface area contributed by atoms with Crippen LogP contribution in [0.15, 0.2) is 46.6 Å². The molecule has 1 aliphatic heterocycles. The molecule has 0 saturated carbocycles. The summed E-state index contributed by atoms with van der Waals surface area (Å²) in [5, 5.41) is 5.26. The summed E-state index contributed by atoms with van der Waals surface area (Å²) in [6, 6.07) is 9.83. The maximum Gasteiger partial charge on any atom is 0.344 e. The number of urea groups is 1. The first-order valence-corrected chi connectivity index (χ1v) is 12.5. The van der Waals surface area contributed by atoms with E-state index in [2.05, 4.69) is 26.6 Å². The van der Waals surface area contributed by atoms with Gasteiger partial charge in [0.25, 0.3) is 5.91 Å². The smallest absolute Gasteiger partial charge is 0.344 e. The van der Waals surface area contributed by atoms with Gasteiger partial charge >= 0.3 is 12.0 Å². The number of esters is 1. The van der Waals surface area contributed by atoms with Crippen LogP contribution in [-0.2, 0) is 25.5 Å². The molecule has 0 unspecified atom stereocenters. The molecule has 0 bridgehead atoms. The van der Waals surface area contributed by atoms with Crippen LogP contribution in [0.4, 0.5) is 10.5 Å². The molecule has 10 nitrogen and oxygen atoms in total. The second kappa shape index (κ2) is 12.9. The van der Waals surface area contributed by atoms with Crippen LogP contribution < -0.4 is 20.1 Å². The van der Waals surface area contributed by atoms with E-state index in [-0.39, 0.29) is 18.9 Å². The Hall–Kier alpha value is -3.86. The molecule has 0 spiro atoms. The minimum absolute atomic E-state index is 0.00454. The quantitative estimate of drug-likeness (QED) is 0.237. The minimum atomic E-state index is -0.703. The molecule has 0 aromatic heterocycles. The molecule has 2 N–H and O–H groups in total. The van der Waals surface area contributed by atoms with E-state index in [9.17, 15) is 19.2 Å². The van der Waals surface area contributed by atoms with Crippen molar-refractivity contribution in [2.24, 2.45) is 0 Å². The third kappa shape index (κ3) is 7.10. The first kappa shape index (κ1) is 27.7. The fraction of sp³-hybridized carbons (Fsp3) is 0.308. The fourth-order valence-corrected chi connectivity index (χ4v) is 3.97. The fourth-order valence-electron chi connectivity index (χ4n) is 3.54. The van der Waals surface area contributed by atoms with Gasteiger partial charge in [-0.25, -0.2) is 14.5 Å². The van der Waals surface area contributed by atoms with E-state index < -0.39 is 30.4 Å². The first-order valence-electron chi connectivity index (χ1n) is 11.7. The zero-order valence-corrected chi connectivity index (χ0v) is 22.3. The summed E-state index contributed by atoms with van der Waals surface area (Å²) in [6.07, 6.45) is 2.18. The molecule has 37 heavy (non-hydrogen) atoms. The minimum Gasteiger partial charge on any atom is -0.490 e. The number of benzene rings is 2. The number of nitrogens with one attached hydrogen (secondary N) is 2. The Morgan fingerprint density at radius 3 is 2.49 bits per heavy atom. The van der Waals surface area contributed by atoms with Crippen molar-refractivity contribution in [2.75, 3.05) is 31.7 Å². The van der Waals surface area contributed by atoms with Crippen molar-refractivity contribution in [1.29, 1.82) is 0 Å². The SMILES string of the molecule is CCOC(=O)COc1cc(Br)c(/C=C2/NC(=O)N(CC(=O)Nc3ccccc3CC)C2=O)cc1OCC. The van der Waals surface area contributed by atoms with E-state index in [1.54, 1.807) is 38.1 Å². The number of nitrogens with zero attached hydrogens (tertiary/aromatic N) is 1. The van der Waals surface area contributed by atoms with Crippen LogP contribution in [0.3, 0.4) is 0 Å². The van der Waals surface area contributed by atoms with Gasteiger partial charge in [0.1, 0.15) is 12.2 Å². The number of amides is 4. The number of rotatable bonds is 11. The number of carbonyl (C=O) groups excluding carboxylic acids is 4. The van der Waals surface area contributed by atoms with Crippen LogP contribution in [0.25, 0.3) is 6.08 Å². The molecule has 0 aliphatic carbocycles. The van der Waals surface area contributed by atoms with Gasteiger partial charge in [0.15, 0.2) is 18.1 Å². The molecular weight excluding hydrogens is 546 g/mol. The first-order chi connectivity index (χ1) is 17.8. The number of carbonyl (C=O) groups is 4. The standard InChI is InChI=1S/C26H28BrN3O7/c1-4-16-9-7-8-10-19(16)28-23(31)14-30-25(33)20(29-26(30)34)11-17-12-21(35-5-2)22(13-18(17)27)37-15-24(32)36-6-3/h7-13H,4-6,14-15H2,1-3H3,(H,28,31)(H,29,34)/b20-11+. The number of anilines is 1. The van der Waals surface area contributed by atoms with Gasteiger partial charge in [-0.1, -0.05) is 41.1 Å². The van der Waals surface area contributed by atoms with Crippen molar-refractivity contribution in [3.63, 3.8) is 0 Å². The van der Waals surface area contributed by atoms with Crippen LogP contribution in [0.1, 0.15) is 31.9 Å². The molecule has 11 heteroatoms. The normalized spacial score (nSPS) is 13.9. The highest BCUT2D eigenvalue weighted by Crippen LogP contribution is 2.35. The number of ether oxygens (including phenoxy) is 3. The second-order valence-corrected chi connectivity index (χ2v) is 8.64. The predicted octanol–water partition coefficient (Wildman–Crippen LogP) is 3.88. The topological polar surface area (TPSA) is 123 Å². The summed E-state index contributed by atoms with van der Waals surface area (Å²) in [5.41, 5.74) is 2.09. The molecule has 1 saturated heterocycles. The summed E-state index contributed by atoms with van der Waals surface area (Å²) >= 11 is 3.42. The lowest BCUT2D eigenvalue weighted by Crippen LogP contribution is -2.38. The van der Waals surface area contributed by atoms with Crippen molar-refractivity contribution in [1.82, 2.24) is 10.2 Å². The maximum absolute atomic E-state index is 12.9. The Morgan fingerprint density at radius 1 is 1.05 bits per heavy atom. The van der Waals surface area contributed by atoms with Gasteiger partial charge in [-0.2, -0.15) is 0 Å². The molecule has 196 valence electrons. The summed E-state index contributed by atoms with van der Waals surface area (Å²) in [5.74, 6) is -1.01. The Bertz CT molecular complexity index is 1230. The van der Waals surface area contributed by atoms with Crippen molar-refractivity contribution in [2.45, 2.75) is 27.2 Å². The molecule has 0 atom stereocenters. The monoisotopic (exact) mass is 573 g/mol. The van der Waals surface area contributed by atoms with E-state index in [1.807, 2.05) is 19.1 Å². The summed E-state index contributed by atoms with van der Waals surface area (Å²) in [6.45, 7) is 5.28. The highest BCUT2D eigenvalue weighted by molar-refractivity contribution is 9.10. The number of hydrogen-bond acceptors (Lipinski definition) is 7. The van der Waals surface area contributed by atoms with Crippen LogP contribution >= 0.6 is 15.9 Å². The average Bonchev–Trinajstić information content (AvgIpc) is 3.12. The second-order valence-electron chi connectivity index (χ2n) is 7.79. The van der Waals surface area contributed by atoms with E-state index in [0.29, 0.717) is 33.8 Å². The molecule has 3 rings (SSSR count). The molecule has 4 amide bonds. The van der Waals surface area contributed by atoms with Crippen LogP contribution in [0.2, 0.25) is 0 Å². The lowest BCUT2D eigenvalue weighted by Gasteiger charge is -2.14. The number of imide groups is 1. The van der Waals surface area contributed by atoms with E-state index in [0.717, 1.165) is 16.9 Å². The maximum atomic E-state index is 12.9. The molecule has 2 aromatic carbocycles. The number of aryl methyl sites for hydroxylation is 1.